The van der Waals surface area contributed by atoms with Gasteiger partial charge in [0.1, 0.15) is 5.70 Å². The summed E-state index contributed by atoms with van der Waals surface area (Å²) in [5.41, 5.74) is 2.93. The second-order valence-electron chi connectivity index (χ2n) is 6.01. The maximum atomic E-state index is 12.9. The Morgan fingerprint density at radius 3 is 1.70 bits per heavy atom. The largest absolute Gasteiger partial charge is 0.321 e. The number of benzene rings is 3. The Morgan fingerprint density at radius 1 is 0.667 bits per heavy atom. The maximum Gasteiger partial charge on any atom is 0.272 e. The zero-order valence-electron chi connectivity index (χ0n) is 15.0. The van der Waals surface area contributed by atoms with E-state index in [2.05, 4.69) is 10.6 Å². The predicted octanol–water partition coefficient (Wildman–Crippen LogP) is 4.49. The molecule has 27 heavy (non-hydrogen) atoms. The van der Waals surface area contributed by atoms with Gasteiger partial charge in [-0.15, -0.1) is 0 Å². The SMILES string of the molecule is C/C(=C(\NC(=O)c1ccccc1)C(=O)Nc1ccccc1)c1ccccc1. The summed E-state index contributed by atoms with van der Waals surface area (Å²) >= 11 is 0. The summed E-state index contributed by atoms with van der Waals surface area (Å²) in [5.74, 6) is -0.698. The van der Waals surface area contributed by atoms with Crippen LogP contribution in [0.4, 0.5) is 5.69 Å². The first-order valence-electron chi connectivity index (χ1n) is 8.64. The van der Waals surface area contributed by atoms with Crippen LogP contribution in [0.25, 0.3) is 5.57 Å². The number of hydrogen-bond acceptors (Lipinski definition) is 2. The van der Waals surface area contributed by atoms with E-state index in [1.54, 1.807) is 36.4 Å². The van der Waals surface area contributed by atoms with Gasteiger partial charge in [0.25, 0.3) is 11.8 Å². The van der Waals surface area contributed by atoms with E-state index >= 15 is 0 Å². The highest BCUT2D eigenvalue weighted by atomic mass is 16.2. The molecule has 2 N–H and O–H groups in total. The fourth-order valence-electron chi connectivity index (χ4n) is 2.64. The minimum atomic E-state index is -0.369. The number of para-hydroxylation sites is 1. The molecule has 4 heteroatoms. The lowest BCUT2D eigenvalue weighted by Gasteiger charge is -2.15. The molecule has 0 aliphatic rings. The minimum Gasteiger partial charge on any atom is -0.321 e. The smallest absolute Gasteiger partial charge is 0.272 e. The van der Waals surface area contributed by atoms with Crippen molar-refractivity contribution in [2.45, 2.75) is 6.92 Å². The van der Waals surface area contributed by atoms with Gasteiger partial charge < -0.3 is 10.6 Å². The molecule has 0 bridgehead atoms. The lowest BCUT2D eigenvalue weighted by atomic mass is 10.0. The first-order chi connectivity index (χ1) is 13.1. The summed E-state index contributed by atoms with van der Waals surface area (Å²) in [6, 6.07) is 27.5. The van der Waals surface area contributed by atoms with Gasteiger partial charge in [-0.2, -0.15) is 0 Å². The molecular formula is C23H20N2O2. The van der Waals surface area contributed by atoms with E-state index in [0.717, 1.165) is 5.56 Å². The van der Waals surface area contributed by atoms with Crippen molar-refractivity contribution in [1.29, 1.82) is 0 Å². The number of amides is 2. The summed E-state index contributed by atoms with van der Waals surface area (Å²) in [7, 11) is 0. The Morgan fingerprint density at radius 2 is 1.15 bits per heavy atom. The van der Waals surface area contributed by atoms with Crippen LogP contribution < -0.4 is 10.6 Å². The standard InChI is InChI=1S/C23H20N2O2/c1-17(18-11-5-2-6-12-18)21(23(27)24-20-15-9-4-10-16-20)25-22(26)19-13-7-3-8-14-19/h2-16H,1H3,(H,24,27)(H,25,26)/b21-17+. The Bertz CT molecular complexity index is 949. The lowest BCUT2D eigenvalue weighted by molar-refractivity contribution is -0.113. The third-order valence-corrected chi connectivity index (χ3v) is 4.12. The summed E-state index contributed by atoms with van der Waals surface area (Å²) in [4.78, 5) is 25.5. The zero-order chi connectivity index (χ0) is 19.1. The minimum absolute atomic E-state index is 0.221. The van der Waals surface area contributed by atoms with Gasteiger partial charge >= 0.3 is 0 Å². The Hall–Kier alpha value is -3.66. The molecule has 0 spiro atoms. The van der Waals surface area contributed by atoms with Crippen molar-refractivity contribution in [1.82, 2.24) is 5.32 Å². The molecule has 0 unspecified atom stereocenters. The lowest BCUT2D eigenvalue weighted by Crippen LogP contribution is -2.31. The highest BCUT2D eigenvalue weighted by molar-refractivity contribution is 6.12. The van der Waals surface area contributed by atoms with Crippen molar-refractivity contribution in [3.05, 3.63) is 108 Å². The molecular weight excluding hydrogens is 336 g/mol. The number of carbonyl (C=O) groups excluding carboxylic acids is 2. The van der Waals surface area contributed by atoms with E-state index in [1.807, 2.05) is 61.5 Å². The molecule has 0 saturated carbocycles. The molecule has 3 rings (SSSR count). The maximum absolute atomic E-state index is 12.9. The number of hydrogen-bond donors (Lipinski definition) is 2. The van der Waals surface area contributed by atoms with Crippen molar-refractivity contribution in [3.8, 4) is 0 Å². The summed E-state index contributed by atoms with van der Waals surface area (Å²) in [5, 5.41) is 5.62. The second kappa shape index (κ2) is 8.63. The molecule has 3 aromatic carbocycles. The summed E-state index contributed by atoms with van der Waals surface area (Å²) in [6.45, 7) is 1.82. The number of carbonyl (C=O) groups is 2. The topological polar surface area (TPSA) is 58.2 Å². The molecule has 0 aromatic heterocycles. The van der Waals surface area contributed by atoms with Gasteiger partial charge in [-0.05, 0) is 42.3 Å². The molecule has 2 amide bonds. The van der Waals surface area contributed by atoms with E-state index in [4.69, 9.17) is 0 Å². The van der Waals surface area contributed by atoms with Crippen LogP contribution in [0.3, 0.4) is 0 Å². The van der Waals surface area contributed by atoms with E-state index in [0.29, 0.717) is 16.8 Å². The van der Waals surface area contributed by atoms with Crippen LogP contribution in [0, 0.1) is 0 Å². The van der Waals surface area contributed by atoms with Gasteiger partial charge in [0, 0.05) is 11.3 Å². The van der Waals surface area contributed by atoms with Crippen LogP contribution in [0.15, 0.2) is 96.7 Å². The van der Waals surface area contributed by atoms with Gasteiger partial charge in [0.2, 0.25) is 0 Å². The zero-order valence-corrected chi connectivity index (χ0v) is 15.0. The van der Waals surface area contributed by atoms with Crippen molar-refractivity contribution >= 4 is 23.1 Å². The number of nitrogens with one attached hydrogen (secondary N) is 2. The molecule has 0 radical (unpaired) electrons. The van der Waals surface area contributed by atoms with Crippen molar-refractivity contribution < 1.29 is 9.59 Å². The first-order valence-corrected chi connectivity index (χ1v) is 8.64. The van der Waals surface area contributed by atoms with E-state index < -0.39 is 0 Å². The molecule has 0 saturated heterocycles. The quantitative estimate of drug-likeness (QED) is 0.662. The molecule has 0 atom stereocenters. The Balaban J connectivity index is 1.93. The molecule has 0 aliphatic carbocycles. The average Bonchev–Trinajstić information content (AvgIpc) is 2.73. The van der Waals surface area contributed by atoms with Gasteiger partial charge in [-0.3, -0.25) is 9.59 Å². The summed E-state index contributed by atoms with van der Waals surface area (Å²) in [6.07, 6.45) is 0. The molecule has 134 valence electrons. The molecule has 0 fully saturated rings. The third-order valence-electron chi connectivity index (χ3n) is 4.12. The van der Waals surface area contributed by atoms with Gasteiger partial charge in [0.05, 0.1) is 0 Å². The fraction of sp³-hybridized carbons (Fsp3) is 0.0435. The predicted molar refractivity (Wildman–Crippen MR) is 108 cm³/mol. The van der Waals surface area contributed by atoms with Crippen LogP contribution >= 0.6 is 0 Å². The Kier molecular flexibility index (Phi) is 5.80. The van der Waals surface area contributed by atoms with Crippen molar-refractivity contribution in [2.75, 3.05) is 5.32 Å². The molecule has 3 aromatic rings. The number of rotatable bonds is 5. The number of anilines is 1. The van der Waals surface area contributed by atoms with Crippen LogP contribution in [0.2, 0.25) is 0 Å². The van der Waals surface area contributed by atoms with Crippen LogP contribution in [-0.4, -0.2) is 11.8 Å². The van der Waals surface area contributed by atoms with Crippen LogP contribution in [0.5, 0.6) is 0 Å². The average molecular weight is 356 g/mol. The van der Waals surface area contributed by atoms with Crippen LogP contribution in [0.1, 0.15) is 22.8 Å². The van der Waals surface area contributed by atoms with Crippen molar-refractivity contribution in [2.24, 2.45) is 0 Å². The highest BCUT2D eigenvalue weighted by Gasteiger charge is 2.18. The van der Waals surface area contributed by atoms with E-state index in [-0.39, 0.29) is 17.5 Å². The van der Waals surface area contributed by atoms with Gasteiger partial charge in [-0.25, -0.2) is 0 Å². The highest BCUT2D eigenvalue weighted by Crippen LogP contribution is 2.19. The van der Waals surface area contributed by atoms with Crippen molar-refractivity contribution in [3.63, 3.8) is 0 Å². The Labute approximate surface area is 158 Å². The third kappa shape index (κ3) is 4.70. The normalized spacial score (nSPS) is 11.3. The first kappa shape index (κ1) is 18.1. The van der Waals surface area contributed by atoms with Gasteiger partial charge in [0.15, 0.2) is 0 Å². The molecule has 4 nitrogen and oxygen atoms in total. The van der Waals surface area contributed by atoms with E-state index in [1.165, 1.54) is 0 Å². The molecule has 0 aliphatic heterocycles. The second-order valence-corrected chi connectivity index (χ2v) is 6.01. The van der Waals surface area contributed by atoms with Gasteiger partial charge in [-0.1, -0.05) is 66.7 Å². The number of allylic oxidation sites excluding steroid dienone is 1. The van der Waals surface area contributed by atoms with E-state index in [9.17, 15) is 9.59 Å². The van der Waals surface area contributed by atoms with Crippen LogP contribution in [-0.2, 0) is 4.79 Å². The summed E-state index contributed by atoms with van der Waals surface area (Å²) < 4.78 is 0. The fourth-order valence-corrected chi connectivity index (χ4v) is 2.64. The monoisotopic (exact) mass is 356 g/mol. The molecule has 0 heterocycles.